The van der Waals surface area contributed by atoms with Crippen LogP contribution in [0.25, 0.3) is 0 Å². The summed E-state index contributed by atoms with van der Waals surface area (Å²) < 4.78 is 27.1. The van der Waals surface area contributed by atoms with Crippen LogP contribution in [0, 0.1) is 20.8 Å². The second-order valence-electron chi connectivity index (χ2n) is 6.06. The van der Waals surface area contributed by atoms with E-state index in [9.17, 15) is 13.2 Å². The fraction of sp³-hybridized carbons (Fsp3) is 0.278. The topological polar surface area (TPSA) is 75.3 Å². The average Bonchev–Trinajstić information content (AvgIpc) is 2.50. The van der Waals surface area contributed by atoms with Gasteiger partial charge in [-0.1, -0.05) is 29.3 Å². The van der Waals surface area contributed by atoms with Gasteiger partial charge in [-0.15, -0.1) is 0 Å². The van der Waals surface area contributed by atoms with E-state index >= 15 is 0 Å². The Labute approximate surface area is 153 Å². The van der Waals surface area contributed by atoms with Gasteiger partial charge in [-0.05, 0) is 63.1 Å². The Hall–Kier alpha value is -1.89. The predicted octanol–water partition coefficient (Wildman–Crippen LogP) is 3.57. The average molecular weight is 381 g/mol. The van der Waals surface area contributed by atoms with Gasteiger partial charge in [0.15, 0.2) is 0 Å². The summed E-state index contributed by atoms with van der Waals surface area (Å²) in [6.07, 6.45) is 0. The lowest BCUT2D eigenvalue weighted by molar-refractivity contribution is -0.117. The summed E-state index contributed by atoms with van der Waals surface area (Å²) >= 11 is 5.77. The van der Waals surface area contributed by atoms with Crippen molar-refractivity contribution < 1.29 is 13.2 Å². The van der Waals surface area contributed by atoms with E-state index in [4.69, 9.17) is 11.6 Å². The number of hydrogen-bond acceptors (Lipinski definition) is 3. The van der Waals surface area contributed by atoms with E-state index in [0.29, 0.717) is 10.7 Å². The number of carbonyl (C=O) groups excluding carboxylic acids is 1. The first kappa shape index (κ1) is 19.4. The molecule has 7 heteroatoms. The lowest BCUT2D eigenvalue weighted by Crippen LogP contribution is -2.41. The zero-order chi connectivity index (χ0) is 18.8. The summed E-state index contributed by atoms with van der Waals surface area (Å²) in [7, 11) is -3.81. The number of halogens is 1. The summed E-state index contributed by atoms with van der Waals surface area (Å²) in [6, 6.07) is 8.75. The number of benzene rings is 2. The summed E-state index contributed by atoms with van der Waals surface area (Å²) in [5.41, 5.74) is 3.66. The maximum absolute atomic E-state index is 12.4. The summed E-state index contributed by atoms with van der Waals surface area (Å²) in [5, 5.41) is 3.24. The van der Waals surface area contributed by atoms with Crippen LogP contribution < -0.4 is 10.0 Å². The first-order chi connectivity index (χ1) is 11.6. The molecule has 2 N–H and O–H groups in total. The van der Waals surface area contributed by atoms with Gasteiger partial charge >= 0.3 is 0 Å². The number of nitrogens with one attached hydrogen (secondary N) is 2. The molecule has 0 aliphatic carbocycles. The van der Waals surface area contributed by atoms with Crippen molar-refractivity contribution in [2.24, 2.45) is 0 Å². The Morgan fingerprint density at radius 3 is 2.08 bits per heavy atom. The maximum Gasteiger partial charge on any atom is 0.242 e. The normalized spacial score (nSPS) is 12.7. The second-order valence-corrected chi connectivity index (χ2v) is 8.21. The Morgan fingerprint density at radius 2 is 1.56 bits per heavy atom. The Balaban J connectivity index is 2.14. The van der Waals surface area contributed by atoms with Crippen LogP contribution in [-0.2, 0) is 14.8 Å². The molecule has 0 aliphatic heterocycles. The fourth-order valence-corrected chi connectivity index (χ4v) is 3.91. The van der Waals surface area contributed by atoms with Crippen molar-refractivity contribution in [2.75, 3.05) is 5.32 Å². The number of hydrogen-bond donors (Lipinski definition) is 2. The first-order valence-electron chi connectivity index (χ1n) is 7.77. The predicted molar refractivity (Wildman–Crippen MR) is 101 cm³/mol. The van der Waals surface area contributed by atoms with E-state index in [1.807, 2.05) is 32.9 Å². The smallest absolute Gasteiger partial charge is 0.242 e. The summed E-state index contributed by atoms with van der Waals surface area (Å²) in [4.78, 5) is 12.5. The molecule has 0 heterocycles. The molecule has 5 nitrogen and oxygen atoms in total. The molecule has 2 aromatic rings. The molecule has 0 saturated carbocycles. The van der Waals surface area contributed by atoms with Gasteiger partial charge in [0.05, 0.1) is 10.9 Å². The summed E-state index contributed by atoms with van der Waals surface area (Å²) in [5.74, 6) is -0.424. The van der Waals surface area contributed by atoms with E-state index in [2.05, 4.69) is 10.0 Å². The van der Waals surface area contributed by atoms with Gasteiger partial charge in [-0.2, -0.15) is 4.72 Å². The molecule has 2 aromatic carbocycles. The molecule has 0 fully saturated rings. The van der Waals surface area contributed by atoms with Gasteiger partial charge in [-0.25, -0.2) is 8.42 Å². The van der Waals surface area contributed by atoms with E-state index < -0.39 is 22.0 Å². The highest BCUT2D eigenvalue weighted by Gasteiger charge is 2.22. The number of aryl methyl sites for hydroxylation is 3. The van der Waals surface area contributed by atoms with Gasteiger partial charge in [0, 0.05) is 10.7 Å². The zero-order valence-electron chi connectivity index (χ0n) is 14.6. The van der Waals surface area contributed by atoms with Crippen LogP contribution in [-0.4, -0.2) is 20.4 Å². The molecule has 0 spiro atoms. The van der Waals surface area contributed by atoms with Gasteiger partial charge in [0.1, 0.15) is 0 Å². The standard InChI is InChI=1S/C18H21ClN2O3S/c1-11-9-12(2)17(13(3)10-11)20-18(22)14(4)21-25(23,24)16-7-5-15(19)6-8-16/h5-10,14,21H,1-4H3,(H,20,22)/t14-/m1/s1. The third-order valence-corrected chi connectivity index (χ3v) is 5.58. The fourth-order valence-electron chi connectivity index (χ4n) is 2.58. The number of amides is 1. The van der Waals surface area contributed by atoms with E-state index in [1.165, 1.54) is 31.2 Å². The quantitative estimate of drug-likeness (QED) is 0.832. The van der Waals surface area contributed by atoms with Crippen LogP contribution in [0.2, 0.25) is 5.02 Å². The minimum atomic E-state index is -3.81. The molecule has 25 heavy (non-hydrogen) atoms. The van der Waals surface area contributed by atoms with Crippen molar-refractivity contribution in [3.05, 3.63) is 58.1 Å². The van der Waals surface area contributed by atoms with Crippen LogP contribution in [0.5, 0.6) is 0 Å². The molecule has 0 saturated heterocycles. The highest BCUT2D eigenvalue weighted by atomic mass is 35.5. The minimum absolute atomic E-state index is 0.0549. The Morgan fingerprint density at radius 1 is 1.04 bits per heavy atom. The van der Waals surface area contributed by atoms with Crippen LogP contribution in [0.3, 0.4) is 0 Å². The van der Waals surface area contributed by atoms with Crippen molar-refractivity contribution in [2.45, 2.75) is 38.6 Å². The third kappa shape index (κ3) is 4.81. The molecule has 2 rings (SSSR count). The van der Waals surface area contributed by atoms with Crippen LogP contribution in [0.4, 0.5) is 5.69 Å². The second kappa shape index (κ2) is 7.56. The Kier molecular flexibility index (Phi) is 5.87. The van der Waals surface area contributed by atoms with Gasteiger partial charge < -0.3 is 5.32 Å². The number of rotatable bonds is 5. The summed E-state index contributed by atoms with van der Waals surface area (Å²) in [6.45, 7) is 7.28. The Bertz CT molecular complexity index is 870. The van der Waals surface area contributed by atoms with Crippen molar-refractivity contribution in [3.8, 4) is 0 Å². The van der Waals surface area contributed by atoms with E-state index in [0.717, 1.165) is 16.7 Å². The van der Waals surface area contributed by atoms with E-state index in [-0.39, 0.29) is 4.90 Å². The SMILES string of the molecule is Cc1cc(C)c(NC(=O)[C@@H](C)NS(=O)(=O)c2ccc(Cl)cc2)c(C)c1. The number of sulfonamides is 1. The van der Waals surface area contributed by atoms with Crippen molar-refractivity contribution in [3.63, 3.8) is 0 Å². The van der Waals surface area contributed by atoms with Crippen molar-refractivity contribution in [1.29, 1.82) is 0 Å². The van der Waals surface area contributed by atoms with Crippen LogP contribution in [0.15, 0.2) is 41.3 Å². The van der Waals surface area contributed by atoms with Crippen molar-refractivity contribution >= 4 is 33.2 Å². The monoisotopic (exact) mass is 380 g/mol. The van der Waals surface area contributed by atoms with Crippen LogP contribution in [0.1, 0.15) is 23.6 Å². The van der Waals surface area contributed by atoms with Crippen LogP contribution >= 0.6 is 11.6 Å². The zero-order valence-corrected chi connectivity index (χ0v) is 16.1. The largest absolute Gasteiger partial charge is 0.324 e. The minimum Gasteiger partial charge on any atom is -0.324 e. The molecule has 0 aliphatic rings. The molecule has 0 radical (unpaired) electrons. The molecule has 0 aromatic heterocycles. The highest BCUT2D eigenvalue weighted by Crippen LogP contribution is 2.22. The molecule has 1 atom stereocenters. The number of carbonyl (C=O) groups is 1. The third-order valence-electron chi connectivity index (χ3n) is 3.77. The van der Waals surface area contributed by atoms with Gasteiger partial charge in [-0.3, -0.25) is 4.79 Å². The van der Waals surface area contributed by atoms with E-state index in [1.54, 1.807) is 0 Å². The van der Waals surface area contributed by atoms with Gasteiger partial charge in [0.2, 0.25) is 15.9 Å². The first-order valence-corrected chi connectivity index (χ1v) is 9.63. The molecule has 1 amide bonds. The maximum atomic E-state index is 12.4. The lowest BCUT2D eigenvalue weighted by Gasteiger charge is -2.17. The van der Waals surface area contributed by atoms with Gasteiger partial charge in [0.25, 0.3) is 0 Å². The molecule has 0 unspecified atom stereocenters. The molecule has 0 bridgehead atoms. The van der Waals surface area contributed by atoms with Crippen molar-refractivity contribution in [1.82, 2.24) is 4.72 Å². The molecular weight excluding hydrogens is 360 g/mol. The molecule has 134 valence electrons. The highest BCUT2D eigenvalue weighted by molar-refractivity contribution is 7.89. The lowest BCUT2D eigenvalue weighted by atomic mass is 10.0. The number of anilines is 1. The molecular formula is C18H21ClN2O3S.